The lowest BCUT2D eigenvalue weighted by molar-refractivity contribution is -0.131. The zero-order chi connectivity index (χ0) is 30.3. The average Bonchev–Trinajstić information content (AvgIpc) is 3.49. The van der Waals surface area contributed by atoms with E-state index in [2.05, 4.69) is 6.92 Å². The van der Waals surface area contributed by atoms with E-state index in [4.69, 9.17) is 14.2 Å². The molecular formula is C34H45NO7. The van der Waals surface area contributed by atoms with E-state index in [-0.39, 0.29) is 29.6 Å². The molecule has 2 aromatic rings. The highest BCUT2D eigenvalue weighted by Crippen LogP contribution is 2.42. The van der Waals surface area contributed by atoms with Crippen molar-refractivity contribution in [2.45, 2.75) is 97.5 Å². The molecule has 0 bridgehead atoms. The van der Waals surface area contributed by atoms with Gasteiger partial charge in [-0.2, -0.15) is 0 Å². The summed E-state index contributed by atoms with van der Waals surface area (Å²) in [6, 6.07) is 6.98. The minimum atomic E-state index is -0.742. The second-order valence-electron chi connectivity index (χ2n) is 11.7. The van der Waals surface area contributed by atoms with Gasteiger partial charge >= 0.3 is 0 Å². The van der Waals surface area contributed by atoms with Crippen LogP contribution in [0.15, 0.2) is 24.3 Å². The SMILES string of the molecule is CCCc1c(OCCCOc2ccc3c(c2CCC)OC(C)(CCC(=O)N2CCCC2)CC3=O)ccc(C(C)=O)c1O. The molecule has 8 nitrogen and oxygen atoms in total. The predicted molar refractivity (Wildman–Crippen MR) is 161 cm³/mol. The summed E-state index contributed by atoms with van der Waals surface area (Å²) in [5.74, 6) is 1.84. The first-order valence-corrected chi connectivity index (χ1v) is 15.4. The molecule has 2 aromatic carbocycles. The van der Waals surface area contributed by atoms with E-state index in [0.29, 0.717) is 79.3 Å². The van der Waals surface area contributed by atoms with Crippen LogP contribution < -0.4 is 14.2 Å². The Bertz CT molecular complexity index is 1300. The smallest absolute Gasteiger partial charge is 0.222 e. The molecule has 1 saturated heterocycles. The summed E-state index contributed by atoms with van der Waals surface area (Å²) >= 11 is 0. The molecule has 42 heavy (non-hydrogen) atoms. The van der Waals surface area contributed by atoms with Crippen LogP contribution in [0.3, 0.4) is 0 Å². The van der Waals surface area contributed by atoms with E-state index in [0.717, 1.165) is 44.3 Å². The molecule has 2 heterocycles. The summed E-state index contributed by atoms with van der Waals surface area (Å²) in [7, 11) is 0. The van der Waals surface area contributed by atoms with Gasteiger partial charge in [0.1, 0.15) is 28.6 Å². The first-order chi connectivity index (χ1) is 20.2. The van der Waals surface area contributed by atoms with Gasteiger partial charge in [-0.3, -0.25) is 14.4 Å². The fourth-order valence-electron chi connectivity index (χ4n) is 5.87. The van der Waals surface area contributed by atoms with Crippen LogP contribution in [-0.4, -0.2) is 59.4 Å². The molecule has 8 heteroatoms. The topological polar surface area (TPSA) is 102 Å². The second-order valence-corrected chi connectivity index (χ2v) is 11.7. The van der Waals surface area contributed by atoms with Crippen molar-refractivity contribution in [2.75, 3.05) is 26.3 Å². The lowest BCUT2D eigenvalue weighted by Gasteiger charge is -2.36. The summed E-state index contributed by atoms with van der Waals surface area (Å²) in [5.41, 5.74) is 1.68. The van der Waals surface area contributed by atoms with Crippen LogP contribution in [0.25, 0.3) is 0 Å². The number of hydrogen-bond donors (Lipinski definition) is 1. The molecule has 0 aromatic heterocycles. The number of ether oxygens (including phenoxy) is 3. The number of nitrogens with zero attached hydrogens (tertiary/aromatic N) is 1. The number of rotatable bonds is 14. The number of carbonyl (C=O) groups is 3. The molecule has 1 N–H and O–H groups in total. The van der Waals surface area contributed by atoms with Crippen LogP contribution in [-0.2, 0) is 17.6 Å². The number of amides is 1. The molecule has 2 aliphatic rings. The van der Waals surface area contributed by atoms with Crippen molar-refractivity contribution in [3.05, 3.63) is 46.5 Å². The van der Waals surface area contributed by atoms with Gasteiger partial charge in [-0.1, -0.05) is 26.7 Å². The van der Waals surface area contributed by atoms with Crippen molar-refractivity contribution in [1.82, 2.24) is 4.90 Å². The third kappa shape index (κ3) is 7.26. The maximum Gasteiger partial charge on any atom is 0.222 e. The van der Waals surface area contributed by atoms with Crippen molar-refractivity contribution in [1.29, 1.82) is 0 Å². The number of hydrogen-bond acceptors (Lipinski definition) is 7. The average molecular weight is 580 g/mol. The van der Waals surface area contributed by atoms with E-state index in [1.807, 2.05) is 24.8 Å². The number of Topliss-reactive ketones (excluding diaryl/α,β-unsaturated/α-hetero) is 2. The number of benzene rings is 2. The molecule has 0 radical (unpaired) electrons. The van der Waals surface area contributed by atoms with Gasteiger partial charge in [0, 0.05) is 37.1 Å². The highest BCUT2D eigenvalue weighted by atomic mass is 16.5. The van der Waals surface area contributed by atoms with E-state index in [1.165, 1.54) is 6.92 Å². The van der Waals surface area contributed by atoms with E-state index in [1.54, 1.807) is 18.2 Å². The monoisotopic (exact) mass is 579 g/mol. The molecular weight excluding hydrogens is 534 g/mol. The molecule has 228 valence electrons. The standard InChI is InChI=1S/C34H45NO7/c1-5-10-26-29(14-12-24(23(3)36)32(26)39)40-20-9-21-41-30-15-13-25-28(37)22-34(4,42-33(25)27(30)11-6-2)17-16-31(38)35-18-7-8-19-35/h12-15,39H,5-11,16-22H2,1-4H3. The Morgan fingerprint density at radius 2 is 1.60 bits per heavy atom. The van der Waals surface area contributed by atoms with E-state index in [9.17, 15) is 19.5 Å². The number of aromatic hydroxyl groups is 1. The second kappa shape index (κ2) is 14.1. The van der Waals surface area contributed by atoms with Crippen molar-refractivity contribution in [3.63, 3.8) is 0 Å². The summed E-state index contributed by atoms with van der Waals surface area (Å²) < 4.78 is 18.7. The van der Waals surface area contributed by atoms with Crippen LogP contribution in [0.5, 0.6) is 23.0 Å². The van der Waals surface area contributed by atoms with Gasteiger partial charge in [0.05, 0.1) is 30.8 Å². The summed E-state index contributed by atoms with van der Waals surface area (Å²) in [4.78, 5) is 39.6. The Labute approximate surface area is 249 Å². The number of ketones is 2. The highest BCUT2D eigenvalue weighted by molar-refractivity contribution is 6.01. The molecule has 2 aliphatic heterocycles. The van der Waals surface area contributed by atoms with Crippen molar-refractivity contribution in [2.24, 2.45) is 0 Å². The van der Waals surface area contributed by atoms with Crippen molar-refractivity contribution < 1.29 is 33.7 Å². The van der Waals surface area contributed by atoms with Crippen molar-refractivity contribution >= 4 is 17.5 Å². The minimum Gasteiger partial charge on any atom is -0.507 e. The van der Waals surface area contributed by atoms with E-state index < -0.39 is 5.60 Å². The maximum atomic E-state index is 13.2. The van der Waals surface area contributed by atoms with Gasteiger partial charge in [0.15, 0.2) is 11.6 Å². The van der Waals surface area contributed by atoms with Crippen LogP contribution >= 0.6 is 0 Å². The Morgan fingerprint density at radius 1 is 0.976 bits per heavy atom. The maximum absolute atomic E-state index is 13.2. The lowest BCUT2D eigenvalue weighted by atomic mass is 9.86. The first kappa shape index (κ1) is 31.4. The zero-order valence-electron chi connectivity index (χ0n) is 25.6. The Hall–Kier alpha value is -3.55. The Balaban J connectivity index is 1.40. The summed E-state index contributed by atoms with van der Waals surface area (Å²) in [5, 5.41) is 10.6. The Morgan fingerprint density at radius 3 is 2.24 bits per heavy atom. The fourth-order valence-corrected chi connectivity index (χ4v) is 5.87. The van der Waals surface area contributed by atoms with Gasteiger partial charge in [0.2, 0.25) is 5.91 Å². The van der Waals surface area contributed by atoms with Gasteiger partial charge in [-0.05, 0) is 70.2 Å². The fraction of sp³-hybridized carbons (Fsp3) is 0.559. The number of likely N-dealkylation sites (tertiary alicyclic amines) is 1. The number of phenolic OH excluding ortho intramolecular Hbond substituents is 1. The molecule has 0 aliphatic carbocycles. The normalized spacial score (nSPS) is 18.0. The predicted octanol–water partition coefficient (Wildman–Crippen LogP) is 6.47. The first-order valence-electron chi connectivity index (χ1n) is 15.4. The number of fused-ring (bicyclic) bond motifs is 1. The number of carbonyl (C=O) groups excluding carboxylic acids is 3. The zero-order valence-corrected chi connectivity index (χ0v) is 25.6. The molecule has 1 unspecified atom stereocenters. The quantitative estimate of drug-likeness (QED) is 0.202. The van der Waals surface area contributed by atoms with Gasteiger partial charge < -0.3 is 24.2 Å². The van der Waals surface area contributed by atoms with Crippen molar-refractivity contribution in [3.8, 4) is 23.0 Å². The van der Waals surface area contributed by atoms with Crippen LogP contribution in [0.4, 0.5) is 0 Å². The molecule has 0 spiro atoms. The van der Waals surface area contributed by atoms with Gasteiger partial charge in [0.25, 0.3) is 0 Å². The highest BCUT2D eigenvalue weighted by Gasteiger charge is 2.39. The molecule has 1 atom stereocenters. The summed E-state index contributed by atoms with van der Waals surface area (Å²) in [6.07, 6.45) is 6.79. The number of phenols is 1. The third-order valence-electron chi connectivity index (χ3n) is 8.15. The van der Waals surface area contributed by atoms with Gasteiger partial charge in [-0.15, -0.1) is 0 Å². The summed E-state index contributed by atoms with van der Waals surface area (Å²) in [6.45, 7) is 9.87. The molecule has 1 fully saturated rings. The van der Waals surface area contributed by atoms with Crippen LogP contribution in [0, 0.1) is 0 Å². The Kier molecular flexibility index (Phi) is 10.5. The lowest BCUT2D eigenvalue weighted by Crippen LogP contribution is -2.41. The minimum absolute atomic E-state index is 0.00155. The molecule has 4 rings (SSSR count). The molecule has 1 amide bonds. The molecule has 0 saturated carbocycles. The van der Waals surface area contributed by atoms with Crippen LogP contribution in [0.2, 0.25) is 0 Å². The van der Waals surface area contributed by atoms with Crippen LogP contribution in [0.1, 0.15) is 111 Å². The third-order valence-corrected chi connectivity index (χ3v) is 8.15. The largest absolute Gasteiger partial charge is 0.507 e. The van der Waals surface area contributed by atoms with Gasteiger partial charge in [-0.25, -0.2) is 0 Å². The van der Waals surface area contributed by atoms with E-state index >= 15 is 0 Å².